The zero-order valence-electron chi connectivity index (χ0n) is 8.10. The fraction of sp³-hybridized carbons (Fsp3) is 1.00. The van der Waals surface area contributed by atoms with Crippen molar-refractivity contribution >= 4 is 9.84 Å². The third kappa shape index (κ3) is 3.62. The Bertz CT molecular complexity index is 263. The van der Waals surface area contributed by atoms with E-state index in [1.165, 1.54) is 0 Å². The molecule has 1 heterocycles. The lowest BCUT2D eigenvalue weighted by Crippen LogP contribution is -2.30. The van der Waals surface area contributed by atoms with Crippen LogP contribution in [0.5, 0.6) is 0 Å². The van der Waals surface area contributed by atoms with Gasteiger partial charge in [0.05, 0.1) is 11.9 Å². The van der Waals surface area contributed by atoms with Crippen molar-refractivity contribution in [2.24, 2.45) is 5.92 Å². The molecule has 0 saturated carbocycles. The Labute approximate surface area is 79.5 Å². The molecule has 4 nitrogen and oxygen atoms in total. The maximum Gasteiger partial charge on any atom is 0.150 e. The Balaban J connectivity index is 2.45. The summed E-state index contributed by atoms with van der Waals surface area (Å²) in [6, 6.07) is 0. The summed E-state index contributed by atoms with van der Waals surface area (Å²) < 4.78 is 21.8. The number of hydrogen-bond donors (Lipinski definition) is 1. The summed E-state index contributed by atoms with van der Waals surface area (Å²) in [6.45, 7) is 1.75. The highest BCUT2D eigenvalue weighted by Gasteiger charge is 2.28. The van der Waals surface area contributed by atoms with Crippen LogP contribution in [0.1, 0.15) is 6.42 Å². The fourth-order valence-corrected chi connectivity index (χ4v) is 2.62. The summed E-state index contributed by atoms with van der Waals surface area (Å²) in [6.07, 6.45) is 1.36. The van der Waals surface area contributed by atoms with Crippen molar-refractivity contribution in [1.82, 2.24) is 4.90 Å². The van der Waals surface area contributed by atoms with Gasteiger partial charge in [0.1, 0.15) is 9.84 Å². The number of hydrogen-bond acceptors (Lipinski definition) is 4. The highest BCUT2D eigenvalue weighted by atomic mass is 32.2. The van der Waals surface area contributed by atoms with E-state index >= 15 is 0 Å². The number of nitrogens with zero attached hydrogens (tertiary/aromatic N) is 1. The minimum absolute atomic E-state index is 0.106. The number of likely N-dealkylation sites (tertiary alicyclic amines) is 1. The maximum atomic E-state index is 10.9. The summed E-state index contributed by atoms with van der Waals surface area (Å²) in [5, 5.41) is 9.60. The first-order chi connectivity index (χ1) is 5.88. The Morgan fingerprint density at radius 2 is 2.23 bits per heavy atom. The van der Waals surface area contributed by atoms with Crippen LogP contribution >= 0.6 is 0 Å². The number of rotatable bonds is 3. The van der Waals surface area contributed by atoms with Crippen LogP contribution in [0.4, 0.5) is 0 Å². The summed E-state index contributed by atoms with van der Waals surface area (Å²) >= 11 is 0. The van der Waals surface area contributed by atoms with E-state index in [-0.39, 0.29) is 11.7 Å². The van der Waals surface area contributed by atoms with Crippen LogP contribution in [0.25, 0.3) is 0 Å². The molecule has 0 aromatic heterocycles. The molecule has 1 N–H and O–H groups in total. The lowest BCUT2D eigenvalue weighted by atomic mass is 10.0. The molecule has 1 fully saturated rings. The third-order valence-corrected chi connectivity index (χ3v) is 3.39. The molecular formula is C8H17NO3S. The van der Waals surface area contributed by atoms with Gasteiger partial charge in [0, 0.05) is 12.8 Å². The predicted molar refractivity (Wildman–Crippen MR) is 51.3 cm³/mol. The number of sulfone groups is 1. The third-order valence-electron chi connectivity index (χ3n) is 2.45. The van der Waals surface area contributed by atoms with Crippen molar-refractivity contribution in [3.05, 3.63) is 0 Å². The molecule has 1 rings (SSSR count). The minimum atomic E-state index is -3.05. The van der Waals surface area contributed by atoms with Gasteiger partial charge in [-0.2, -0.15) is 0 Å². The second-order valence-corrected chi connectivity index (χ2v) is 6.16. The van der Waals surface area contributed by atoms with Gasteiger partial charge in [0.25, 0.3) is 0 Å². The van der Waals surface area contributed by atoms with Gasteiger partial charge >= 0.3 is 0 Å². The molecule has 0 bridgehead atoms. The molecule has 1 aliphatic rings. The van der Waals surface area contributed by atoms with Crippen LogP contribution in [0, 0.1) is 5.92 Å². The molecule has 13 heavy (non-hydrogen) atoms. The van der Waals surface area contributed by atoms with Gasteiger partial charge in [-0.25, -0.2) is 8.42 Å². The average Bonchev–Trinajstić information content (AvgIpc) is 2.31. The highest BCUT2D eigenvalue weighted by Crippen LogP contribution is 2.18. The molecular weight excluding hydrogens is 190 g/mol. The van der Waals surface area contributed by atoms with Gasteiger partial charge in [0.2, 0.25) is 0 Å². The molecule has 5 heteroatoms. The SMILES string of the molecule is CN1CCC(C(O)CS(C)(=O)=O)C1. The molecule has 78 valence electrons. The Hall–Kier alpha value is -0.130. The van der Waals surface area contributed by atoms with E-state index in [2.05, 4.69) is 4.90 Å². The predicted octanol–water partition coefficient (Wildman–Crippen LogP) is -0.656. The average molecular weight is 207 g/mol. The van der Waals surface area contributed by atoms with Gasteiger partial charge in [-0.05, 0) is 25.9 Å². The quantitative estimate of drug-likeness (QED) is 0.668. The van der Waals surface area contributed by atoms with Crippen molar-refractivity contribution in [2.45, 2.75) is 12.5 Å². The summed E-state index contributed by atoms with van der Waals surface area (Å²) in [5.41, 5.74) is 0. The molecule has 0 radical (unpaired) electrons. The van der Waals surface area contributed by atoms with Gasteiger partial charge in [0.15, 0.2) is 0 Å². The summed E-state index contributed by atoms with van der Waals surface area (Å²) in [4.78, 5) is 2.11. The van der Waals surface area contributed by atoms with E-state index in [1.807, 2.05) is 7.05 Å². The molecule has 2 atom stereocenters. The van der Waals surface area contributed by atoms with E-state index in [0.29, 0.717) is 0 Å². The topological polar surface area (TPSA) is 57.6 Å². The second-order valence-electron chi connectivity index (χ2n) is 3.97. The zero-order valence-corrected chi connectivity index (χ0v) is 8.92. The van der Waals surface area contributed by atoms with Crippen LogP contribution in [0.3, 0.4) is 0 Å². The van der Waals surface area contributed by atoms with E-state index in [1.54, 1.807) is 0 Å². The minimum Gasteiger partial charge on any atom is -0.392 e. The van der Waals surface area contributed by atoms with Crippen LogP contribution in [0.2, 0.25) is 0 Å². The van der Waals surface area contributed by atoms with E-state index < -0.39 is 15.9 Å². The fourth-order valence-electron chi connectivity index (χ4n) is 1.73. The largest absolute Gasteiger partial charge is 0.392 e. The van der Waals surface area contributed by atoms with Gasteiger partial charge < -0.3 is 10.0 Å². The maximum absolute atomic E-state index is 10.9. The monoisotopic (exact) mass is 207 g/mol. The molecule has 0 aliphatic carbocycles. The van der Waals surface area contributed by atoms with Crippen LogP contribution < -0.4 is 0 Å². The van der Waals surface area contributed by atoms with Crippen LogP contribution in [-0.2, 0) is 9.84 Å². The standard InChI is InChI=1S/C8H17NO3S/c1-9-4-3-7(5-9)8(10)6-13(2,11)12/h7-8,10H,3-6H2,1-2H3. The second kappa shape index (κ2) is 3.94. The molecule has 1 aliphatic heterocycles. The molecule has 0 amide bonds. The number of aliphatic hydroxyl groups excluding tert-OH is 1. The normalized spacial score (nSPS) is 27.8. The van der Waals surface area contributed by atoms with Crippen LogP contribution in [0.15, 0.2) is 0 Å². The Kier molecular flexibility index (Phi) is 3.32. The lowest BCUT2D eigenvalue weighted by molar-refractivity contribution is 0.132. The van der Waals surface area contributed by atoms with Gasteiger partial charge in [-0.3, -0.25) is 0 Å². The summed E-state index contributed by atoms with van der Waals surface area (Å²) in [5.74, 6) is 0.0191. The highest BCUT2D eigenvalue weighted by molar-refractivity contribution is 7.90. The van der Waals surface area contributed by atoms with Crippen molar-refractivity contribution in [2.75, 3.05) is 32.1 Å². The van der Waals surface area contributed by atoms with Crippen LogP contribution in [-0.4, -0.2) is 56.7 Å². The first kappa shape index (κ1) is 10.9. The van der Waals surface area contributed by atoms with E-state index in [0.717, 1.165) is 25.8 Å². The zero-order chi connectivity index (χ0) is 10.1. The molecule has 2 unspecified atom stereocenters. The molecule has 1 saturated heterocycles. The first-order valence-corrected chi connectivity index (χ1v) is 6.49. The number of aliphatic hydroxyl groups is 1. The van der Waals surface area contributed by atoms with E-state index in [9.17, 15) is 13.5 Å². The van der Waals surface area contributed by atoms with Gasteiger partial charge in [-0.1, -0.05) is 0 Å². The summed E-state index contributed by atoms with van der Waals surface area (Å²) in [7, 11) is -1.07. The smallest absolute Gasteiger partial charge is 0.150 e. The van der Waals surface area contributed by atoms with Gasteiger partial charge in [-0.15, -0.1) is 0 Å². The van der Waals surface area contributed by atoms with Crippen molar-refractivity contribution < 1.29 is 13.5 Å². The van der Waals surface area contributed by atoms with Crippen molar-refractivity contribution in [3.8, 4) is 0 Å². The van der Waals surface area contributed by atoms with E-state index in [4.69, 9.17) is 0 Å². The lowest BCUT2D eigenvalue weighted by Gasteiger charge is -2.16. The Morgan fingerprint density at radius 1 is 1.62 bits per heavy atom. The molecule has 0 aromatic rings. The molecule has 0 aromatic carbocycles. The Morgan fingerprint density at radius 3 is 2.62 bits per heavy atom. The van der Waals surface area contributed by atoms with Crippen molar-refractivity contribution in [3.63, 3.8) is 0 Å². The van der Waals surface area contributed by atoms with Crippen molar-refractivity contribution in [1.29, 1.82) is 0 Å². The molecule has 0 spiro atoms. The first-order valence-electron chi connectivity index (χ1n) is 4.43.